The Bertz CT molecular complexity index is 973. The van der Waals surface area contributed by atoms with Gasteiger partial charge in [0.25, 0.3) is 5.91 Å². The smallest absolute Gasteiger partial charge is 0.251 e. The van der Waals surface area contributed by atoms with Gasteiger partial charge in [0, 0.05) is 11.3 Å². The fourth-order valence-electron chi connectivity index (χ4n) is 2.44. The van der Waals surface area contributed by atoms with Crippen LogP contribution in [0.15, 0.2) is 72.8 Å². The molecule has 0 aromatic heterocycles. The van der Waals surface area contributed by atoms with Crippen molar-refractivity contribution in [3.8, 4) is 11.5 Å². The number of amides is 2. The first kappa shape index (κ1) is 19.1. The Morgan fingerprint density at radius 1 is 0.929 bits per heavy atom. The topological polar surface area (TPSA) is 67.4 Å². The zero-order valence-electron chi connectivity index (χ0n) is 15.2. The maximum Gasteiger partial charge on any atom is 0.251 e. The Morgan fingerprint density at radius 3 is 2.29 bits per heavy atom. The van der Waals surface area contributed by atoms with Crippen LogP contribution in [0.5, 0.6) is 11.5 Å². The molecule has 0 heterocycles. The van der Waals surface area contributed by atoms with Gasteiger partial charge in [-0.15, -0.1) is 0 Å². The molecule has 0 aliphatic carbocycles. The molecule has 0 spiro atoms. The second kappa shape index (κ2) is 8.81. The van der Waals surface area contributed by atoms with Crippen molar-refractivity contribution in [1.82, 2.24) is 5.32 Å². The molecule has 3 aromatic rings. The highest BCUT2D eigenvalue weighted by Crippen LogP contribution is 2.21. The minimum Gasteiger partial charge on any atom is -0.457 e. The van der Waals surface area contributed by atoms with Gasteiger partial charge in [0.1, 0.15) is 17.3 Å². The van der Waals surface area contributed by atoms with Crippen molar-refractivity contribution in [3.05, 3.63) is 89.7 Å². The summed E-state index contributed by atoms with van der Waals surface area (Å²) in [6.45, 7) is 1.41. The van der Waals surface area contributed by atoms with Gasteiger partial charge in [0.15, 0.2) is 0 Å². The predicted octanol–water partition coefficient (Wildman–Crippen LogP) is 4.29. The lowest BCUT2D eigenvalue weighted by molar-refractivity contribution is -0.115. The average molecular weight is 378 g/mol. The van der Waals surface area contributed by atoms with E-state index < -0.39 is 17.6 Å². The molecule has 0 atom stereocenters. The molecule has 0 bridgehead atoms. The molecule has 6 heteroatoms. The predicted molar refractivity (Wildman–Crippen MR) is 105 cm³/mol. The third kappa shape index (κ3) is 5.17. The molecule has 0 aliphatic heterocycles. The van der Waals surface area contributed by atoms with Crippen LogP contribution in [-0.4, -0.2) is 18.4 Å². The Labute approximate surface area is 162 Å². The number of hydrogen-bond donors (Lipinski definition) is 2. The Kier molecular flexibility index (Phi) is 6.01. The normalized spacial score (nSPS) is 10.2. The van der Waals surface area contributed by atoms with E-state index in [1.165, 1.54) is 6.07 Å². The van der Waals surface area contributed by atoms with Gasteiger partial charge >= 0.3 is 0 Å². The van der Waals surface area contributed by atoms with Crippen molar-refractivity contribution in [1.29, 1.82) is 0 Å². The van der Waals surface area contributed by atoms with Crippen LogP contribution >= 0.6 is 0 Å². The summed E-state index contributed by atoms with van der Waals surface area (Å²) in [7, 11) is 0. The second-order valence-corrected chi connectivity index (χ2v) is 6.13. The molecule has 5 nitrogen and oxygen atoms in total. The van der Waals surface area contributed by atoms with Gasteiger partial charge in [-0.25, -0.2) is 4.39 Å². The van der Waals surface area contributed by atoms with Crippen LogP contribution < -0.4 is 15.4 Å². The van der Waals surface area contributed by atoms with Crippen LogP contribution in [0.4, 0.5) is 10.1 Å². The summed E-state index contributed by atoms with van der Waals surface area (Å²) in [5, 5.41) is 5.07. The number of carbonyl (C=O) groups excluding carboxylic acids is 2. The summed E-state index contributed by atoms with van der Waals surface area (Å²) < 4.78 is 19.2. The molecule has 0 fully saturated rings. The molecule has 0 unspecified atom stereocenters. The van der Waals surface area contributed by atoms with E-state index in [4.69, 9.17) is 4.74 Å². The molecule has 2 amide bonds. The van der Waals surface area contributed by atoms with Crippen LogP contribution in [0.1, 0.15) is 15.9 Å². The summed E-state index contributed by atoms with van der Waals surface area (Å²) in [5.41, 5.74) is 1.23. The molecule has 2 N–H and O–H groups in total. The number of para-hydroxylation sites is 1. The summed E-state index contributed by atoms with van der Waals surface area (Å²) in [5.74, 6) is 0.0579. The van der Waals surface area contributed by atoms with Crippen molar-refractivity contribution in [2.24, 2.45) is 0 Å². The van der Waals surface area contributed by atoms with Crippen molar-refractivity contribution in [3.63, 3.8) is 0 Å². The number of rotatable bonds is 6. The lowest BCUT2D eigenvalue weighted by Crippen LogP contribution is -2.32. The van der Waals surface area contributed by atoms with Gasteiger partial charge in [-0.2, -0.15) is 0 Å². The second-order valence-electron chi connectivity index (χ2n) is 6.13. The van der Waals surface area contributed by atoms with E-state index in [1.54, 1.807) is 43.3 Å². The number of anilines is 1. The van der Waals surface area contributed by atoms with Crippen LogP contribution in [0.2, 0.25) is 0 Å². The monoisotopic (exact) mass is 378 g/mol. The van der Waals surface area contributed by atoms with Gasteiger partial charge in [0.05, 0.1) is 6.54 Å². The van der Waals surface area contributed by atoms with Crippen LogP contribution in [0, 0.1) is 12.7 Å². The fraction of sp³-hybridized carbons (Fsp3) is 0.0909. The molecule has 0 saturated carbocycles. The molecule has 142 valence electrons. The molecule has 0 saturated heterocycles. The molecule has 28 heavy (non-hydrogen) atoms. The molecular weight excluding hydrogens is 359 g/mol. The number of aryl methyl sites for hydroxylation is 1. The highest BCUT2D eigenvalue weighted by molar-refractivity contribution is 5.99. The zero-order valence-corrected chi connectivity index (χ0v) is 15.2. The highest BCUT2D eigenvalue weighted by atomic mass is 19.1. The van der Waals surface area contributed by atoms with Crippen molar-refractivity contribution < 1.29 is 18.7 Å². The number of carbonyl (C=O) groups is 2. The minimum atomic E-state index is -0.444. The van der Waals surface area contributed by atoms with Crippen LogP contribution in [0.3, 0.4) is 0 Å². The van der Waals surface area contributed by atoms with Gasteiger partial charge in [0.2, 0.25) is 5.91 Å². The molecule has 3 aromatic carbocycles. The Balaban J connectivity index is 1.51. The zero-order chi connectivity index (χ0) is 19.9. The van der Waals surface area contributed by atoms with Gasteiger partial charge in [-0.1, -0.05) is 24.3 Å². The number of halogens is 1. The Hall–Kier alpha value is -3.67. The summed E-state index contributed by atoms with van der Waals surface area (Å²) in [4.78, 5) is 24.1. The Morgan fingerprint density at radius 2 is 1.61 bits per heavy atom. The molecule has 3 rings (SSSR count). The average Bonchev–Trinajstić information content (AvgIpc) is 2.70. The van der Waals surface area contributed by atoms with E-state index in [1.807, 2.05) is 30.3 Å². The maximum absolute atomic E-state index is 13.5. The third-order valence-electron chi connectivity index (χ3n) is 3.96. The first-order valence-corrected chi connectivity index (χ1v) is 8.68. The number of nitrogens with one attached hydrogen (secondary N) is 2. The van der Waals surface area contributed by atoms with Crippen LogP contribution in [0.25, 0.3) is 0 Å². The SMILES string of the molecule is Cc1ccc(NC(=O)CNC(=O)c2ccc(Oc3ccccc3)cc2)cc1F. The quantitative estimate of drug-likeness (QED) is 0.672. The van der Waals surface area contributed by atoms with Crippen LogP contribution in [-0.2, 0) is 4.79 Å². The van der Waals surface area contributed by atoms with Crippen molar-refractivity contribution >= 4 is 17.5 Å². The maximum atomic E-state index is 13.5. The van der Waals surface area contributed by atoms with E-state index >= 15 is 0 Å². The highest BCUT2D eigenvalue weighted by Gasteiger charge is 2.09. The number of hydrogen-bond acceptors (Lipinski definition) is 3. The lowest BCUT2D eigenvalue weighted by Gasteiger charge is -2.09. The molecule has 0 radical (unpaired) electrons. The number of ether oxygens (including phenoxy) is 1. The van der Waals surface area contributed by atoms with E-state index in [-0.39, 0.29) is 6.54 Å². The summed E-state index contributed by atoms with van der Waals surface area (Å²) in [6.07, 6.45) is 0. The fourth-order valence-corrected chi connectivity index (χ4v) is 2.44. The lowest BCUT2D eigenvalue weighted by atomic mass is 10.2. The van der Waals surface area contributed by atoms with Gasteiger partial charge in [-0.05, 0) is 61.0 Å². The standard InChI is InChI=1S/C22H19FN2O3/c1-15-7-10-17(13-20(15)23)25-21(26)14-24-22(27)16-8-11-19(12-9-16)28-18-5-3-2-4-6-18/h2-13H,14H2,1H3,(H,24,27)(H,25,26). The third-order valence-corrected chi connectivity index (χ3v) is 3.96. The van der Waals surface area contributed by atoms with E-state index in [0.29, 0.717) is 28.3 Å². The van der Waals surface area contributed by atoms with E-state index in [9.17, 15) is 14.0 Å². The van der Waals surface area contributed by atoms with Gasteiger partial charge < -0.3 is 15.4 Å². The first-order valence-electron chi connectivity index (χ1n) is 8.68. The minimum absolute atomic E-state index is 0.226. The van der Waals surface area contributed by atoms with E-state index in [2.05, 4.69) is 10.6 Å². The van der Waals surface area contributed by atoms with Crippen molar-refractivity contribution in [2.75, 3.05) is 11.9 Å². The first-order chi connectivity index (χ1) is 13.5. The van der Waals surface area contributed by atoms with Gasteiger partial charge in [-0.3, -0.25) is 9.59 Å². The van der Waals surface area contributed by atoms with E-state index in [0.717, 1.165) is 0 Å². The number of benzene rings is 3. The van der Waals surface area contributed by atoms with Crippen molar-refractivity contribution in [2.45, 2.75) is 6.92 Å². The molecular formula is C22H19FN2O3. The largest absolute Gasteiger partial charge is 0.457 e. The molecule has 0 aliphatic rings. The summed E-state index contributed by atoms with van der Waals surface area (Å²) >= 11 is 0. The summed E-state index contributed by atoms with van der Waals surface area (Å²) in [6, 6.07) is 20.3.